The fourth-order valence-electron chi connectivity index (χ4n) is 2.89. The highest BCUT2D eigenvalue weighted by atomic mass is 16.6. The Labute approximate surface area is 176 Å². The third-order valence-corrected chi connectivity index (χ3v) is 5.50. The number of hydrogen-bond acceptors (Lipinski definition) is 4. The van der Waals surface area contributed by atoms with Gasteiger partial charge in [0.2, 0.25) is 5.91 Å². The maximum absolute atomic E-state index is 12.4. The van der Waals surface area contributed by atoms with Crippen LogP contribution < -0.4 is 0 Å². The highest BCUT2D eigenvalue weighted by Crippen LogP contribution is 2.18. The molecule has 1 aliphatic heterocycles. The second-order valence-electron chi connectivity index (χ2n) is 8.41. The van der Waals surface area contributed by atoms with Crippen molar-refractivity contribution in [2.45, 2.75) is 53.6 Å². The van der Waals surface area contributed by atoms with Crippen molar-refractivity contribution in [2.75, 3.05) is 46.3 Å². The zero-order chi connectivity index (χ0) is 22.2. The lowest BCUT2D eigenvalue weighted by atomic mass is 10.1. The molecule has 0 bridgehead atoms. The number of carbonyl (C=O) groups excluding carboxylic acids is 2. The number of amides is 2. The molecule has 0 aliphatic carbocycles. The smallest absolute Gasteiger partial charge is 0.410 e. The van der Waals surface area contributed by atoms with Crippen molar-refractivity contribution < 1.29 is 14.3 Å². The number of allylic oxidation sites excluding steroid dienone is 1. The summed E-state index contributed by atoms with van der Waals surface area (Å²) in [6.07, 6.45) is 4.77. The van der Waals surface area contributed by atoms with Crippen LogP contribution in [-0.2, 0) is 9.53 Å². The standard InChI is InChI=1S/C23H39N3O3/c1-9-19(5)20(11-12-24(8)21(27)18(3)4)17-25-13-15-26(16-14-25)22(28)29-23(6,7)10-2/h9,11H,3,10,12-17H2,1-2,4-8H3/b19-9-,20-11-. The molecular formula is C23H39N3O3. The molecule has 0 unspecified atom stereocenters. The van der Waals surface area contributed by atoms with Gasteiger partial charge in [-0.1, -0.05) is 31.2 Å². The van der Waals surface area contributed by atoms with Gasteiger partial charge in [-0.05, 0) is 46.6 Å². The van der Waals surface area contributed by atoms with Gasteiger partial charge in [0.1, 0.15) is 5.60 Å². The summed E-state index contributed by atoms with van der Waals surface area (Å²) in [6.45, 7) is 19.7. The number of nitrogens with zero attached hydrogens (tertiary/aromatic N) is 3. The molecule has 0 atom stereocenters. The Hall–Kier alpha value is -2.08. The molecule has 1 saturated heterocycles. The summed E-state index contributed by atoms with van der Waals surface area (Å²) >= 11 is 0. The first kappa shape index (κ1) is 25.0. The number of carbonyl (C=O) groups is 2. The minimum atomic E-state index is -0.430. The van der Waals surface area contributed by atoms with Crippen LogP contribution in [0.25, 0.3) is 0 Å². The predicted molar refractivity (Wildman–Crippen MR) is 119 cm³/mol. The summed E-state index contributed by atoms with van der Waals surface area (Å²) in [6, 6.07) is 0. The number of hydrogen-bond donors (Lipinski definition) is 0. The lowest BCUT2D eigenvalue weighted by Gasteiger charge is -2.36. The fraction of sp³-hybridized carbons (Fsp3) is 0.652. The van der Waals surface area contributed by atoms with Gasteiger partial charge >= 0.3 is 6.09 Å². The molecule has 0 radical (unpaired) electrons. The molecule has 1 fully saturated rings. The van der Waals surface area contributed by atoms with E-state index in [0.29, 0.717) is 25.2 Å². The molecule has 1 heterocycles. The average Bonchev–Trinajstić information content (AvgIpc) is 2.69. The molecule has 2 amide bonds. The first-order valence-corrected chi connectivity index (χ1v) is 10.4. The topological polar surface area (TPSA) is 53.1 Å². The van der Waals surface area contributed by atoms with E-state index in [-0.39, 0.29) is 12.0 Å². The van der Waals surface area contributed by atoms with E-state index in [4.69, 9.17) is 4.74 Å². The maximum atomic E-state index is 12.4. The zero-order valence-electron chi connectivity index (χ0n) is 19.4. The third kappa shape index (κ3) is 8.05. The second kappa shape index (κ2) is 11.2. The van der Waals surface area contributed by atoms with Gasteiger partial charge in [0.15, 0.2) is 0 Å². The minimum absolute atomic E-state index is 0.0409. The van der Waals surface area contributed by atoms with Gasteiger partial charge in [-0.15, -0.1) is 0 Å². The second-order valence-corrected chi connectivity index (χ2v) is 8.41. The number of likely N-dealkylation sites (N-methyl/N-ethyl adjacent to an activating group) is 1. The van der Waals surface area contributed by atoms with Gasteiger partial charge in [0, 0.05) is 51.9 Å². The molecule has 6 heteroatoms. The van der Waals surface area contributed by atoms with E-state index < -0.39 is 5.60 Å². The molecule has 6 nitrogen and oxygen atoms in total. The van der Waals surface area contributed by atoms with Crippen molar-refractivity contribution in [1.29, 1.82) is 0 Å². The monoisotopic (exact) mass is 405 g/mol. The quantitative estimate of drug-likeness (QED) is 0.455. The van der Waals surface area contributed by atoms with Crippen molar-refractivity contribution >= 4 is 12.0 Å². The largest absolute Gasteiger partial charge is 0.443 e. The summed E-state index contributed by atoms with van der Waals surface area (Å²) in [5.74, 6) is -0.0409. The number of piperazine rings is 1. The molecule has 0 N–H and O–H groups in total. The van der Waals surface area contributed by atoms with Crippen LogP contribution in [0.4, 0.5) is 4.79 Å². The summed E-state index contributed by atoms with van der Waals surface area (Å²) in [5.41, 5.74) is 2.52. The first-order chi connectivity index (χ1) is 13.5. The Bertz CT molecular complexity index is 656. The Morgan fingerprint density at radius 1 is 1.17 bits per heavy atom. The summed E-state index contributed by atoms with van der Waals surface area (Å²) in [4.78, 5) is 30.2. The highest BCUT2D eigenvalue weighted by Gasteiger charge is 2.27. The Morgan fingerprint density at radius 3 is 2.24 bits per heavy atom. The Balaban J connectivity index is 2.67. The van der Waals surface area contributed by atoms with Gasteiger partial charge in [-0.3, -0.25) is 9.69 Å². The molecule has 0 aromatic rings. The number of ether oxygens (including phenoxy) is 1. The molecule has 0 aromatic carbocycles. The fourth-order valence-corrected chi connectivity index (χ4v) is 2.89. The van der Waals surface area contributed by atoms with E-state index in [1.54, 1.807) is 23.8 Å². The van der Waals surface area contributed by atoms with Crippen molar-refractivity contribution in [1.82, 2.24) is 14.7 Å². The molecule has 29 heavy (non-hydrogen) atoms. The molecule has 0 spiro atoms. The van der Waals surface area contributed by atoms with Gasteiger partial charge in [0.25, 0.3) is 0 Å². The first-order valence-electron chi connectivity index (χ1n) is 10.4. The lowest BCUT2D eigenvalue weighted by Crippen LogP contribution is -2.50. The molecule has 0 saturated carbocycles. The molecule has 0 aromatic heterocycles. The van der Waals surface area contributed by atoms with Crippen molar-refractivity contribution in [3.63, 3.8) is 0 Å². The van der Waals surface area contributed by atoms with E-state index in [9.17, 15) is 9.59 Å². The molecule has 1 rings (SSSR count). The van der Waals surface area contributed by atoms with Crippen LogP contribution in [0.5, 0.6) is 0 Å². The van der Waals surface area contributed by atoms with Gasteiger partial charge in [-0.25, -0.2) is 4.79 Å². The van der Waals surface area contributed by atoms with E-state index in [2.05, 4.69) is 30.6 Å². The SMILES string of the molecule is C=C(C)C(=O)N(C)C/C=C(CN1CCN(C(=O)OC(C)(C)CC)CC1)\C(C)=C/C. The van der Waals surface area contributed by atoms with Gasteiger partial charge in [-0.2, -0.15) is 0 Å². The van der Waals surface area contributed by atoms with Crippen LogP contribution in [-0.4, -0.2) is 78.6 Å². The summed E-state index contributed by atoms with van der Waals surface area (Å²) in [5, 5.41) is 0. The van der Waals surface area contributed by atoms with Crippen molar-refractivity contribution in [3.8, 4) is 0 Å². The highest BCUT2D eigenvalue weighted by molar-refractivity contribution is 5.92. The summed E-state index contributed by atoms with van der Waals surface area (Å²) in [7, 11) is 1.79. The zero-order valence-corrected chi connectivity index (χ0v) is 19.4. The Morgan fingerprint density at radius 2 is 1.76 bits per heavy atom. The minimum Gasteiger partial charge on any atom is -0.443 e. The van der Waals surface area contributed by atoms with Gasteiger partial charge < -0.3 is 14.5 Å². The van der Waals surface area contributed by atoms with Crippen LogP contribution in [0.2, 0.25) is 0 Å². The number of rotatable bonds is 8. The Kier molecular flexibility index (Phi) is 9.63. The molecule has 1 aliphatic rings. The van der Waals surface area contributed by atoms with Gasteiger partial charge in [0.05, 0.1) is 0 Å². The molecular weight excluding hydrogens is 366 g/mol. The molecule has 164 valence electrons. The van der Waals surface area contributed by atoms with Crippen molar-refractivity contribution in [2.24, 2.45) is 0 Å². The van der Waals surface area contributed by atoms with E-state index in [1.165, 1.54) is 11.1 Å². The lowest BCUT2D eigenvalue weighted by molar-refractivity contribution is -0.125. The van der Waals surface area contributed by atoms with Crippen LogP contribution in [0.15, 0.2) is 35.5 Å². The van der Waals surface area contributed by atoms with Crippen LogP contribution in [0, 0.1) is 0 Å². The normalized spacial score (nSPS) is 16.6. The van der Waals surface area contributed by atoms with Crippen LogP contribution in [0.3, 0.4) is 0 Å². The van der Waals surface area contributed by atoms with E-state index in [0.717, 1.165) is 26.1 Å². The summed E-state index contributed by atoms with van der Waals surface area (Å²) < 4.78 is 5.61. The maximum Gasteiger partial charge on any atom is 0.410 e. The van der Waals surface area contributed by atoms with Crippen LogP contribution in [0.1, 0.15) is 48.0 Å². The van der Waals surface area contributed by atoms with E-state index in [1.807, 2.05) is 27.7 Å². The van der Waals surface area contributed by atoms with Crippen LogP contribution >= 0.6 is 0 Å². The van der Waals surface area contributed by atoms with Crippen molar-refractivity contribution in [3.05, 3.63) is 35.5 Å². The predicted octanol–water partition coefficient (Wildman–Crippen LogP) is 3.86. The van der Waals surface area contributed by atoms with E-state index >= 15 is 0 Å². The third-order valence-electron chi connectivity index (χ3n) is 5.50. The average molecular weight is 406 g/mol.